The number of ketones is 1. The fourth-order valence-electron chi connectivity index (χ4n) is 1.33. The Morgan fingerprint density at radius 3 is 2.64 bits per heavy atom. The second kappa shape index (κ2) is 4.32. The number of aromatic nitrogens is 3. The molecule has 0 spiro atoms. The van der Waals surface area contributed by atoms with E-state index in [-0.39, 0.29) is 18.4 Å². The van der Waals surface area contributed by atoms with Gasteiger partial charge in [-0.05, 0) is 13.8 Å². The molecular weight excluding hydrogens is 182 g/mol. The number of aliphatic hydroxyl groups excluding tert-OH is 1. The highest BCUT2D eigenvalue weighted by molar-refractivity contribution is 5.93. The monoisotopic (exact) mass is 197 g/mol. The number of Topliss-reactive ketones (excluding diaryl/α,β-unsaturated/α-hetero) is 1. The van der Waals surface area contributed by atoms with Crippen LogP contribution >= 0.6 is 0 Å². The largest absolute Gasteiger partial charge is 0.396 e. The van der Waals surface area contributed by atoms with Crippen molar-refractivity contribution in [3.63, 3.8) is 0 Å². The van der Waals surface area contributed by atoms with Gasteiger partial charge in [0, 0.05) is 26.0 Å². The summed E-state index contributed by atoms with van der Waals surface area (Å²) in [4.78, 5) is 11.3. The zero-order chi connectivity index (χ0) is 10.7. The van der Waals surface area contributed by atoms with E-state index >= 15 is 0 Å². The Balaban J connectivity index is 3.13. The highest BCUT2D eigenvalue weighted by Crippen LogP contribution is 2.12. The Labute approximate surface area is 82.7 Å². The average molecular weight is 197 g/mol. The van der Waals surface area contributed by atoms with Crippen LogP contribution in [-0.4, -0.2) is 32.5 Å². The van der Waals surface area contributed by atoms with Crippen LogP contribution in [0.5, 0.6) is 0 Å². The molecule has 1 rings (SSSR count). The Hall–Kier alpha value is -1.23. The highest BCUT2D eigenvalue weighted by atomic mass is 16.3. The van der Waals surface area contributed by atoms with Crippen LogP contribution in [-0.2, 0) is 6.42 Å². The molecule has 0 aromatic carbocycles. The molecule has 0 saturated carbocycles. The third-order valence-corrected chi connectivity index (χ3v) is 1.94. The summed E-state index contributed by atoms with van der Waals surface area (Å²) in [5, 5.41) is 16.6. The fourth-order valence-corrected chi connectivity index (χ4v) is 1.33. The maximum absolute atomic E-state index is 11.3. The molecule has 0 bridgehead atoms. The summed E-state index contributed by atoms with van der Waals surface area (Å²) in [6, 6.07) is 0.105. The van der Waals surface area contributed by atoms with Gasteiger partial charge in [-0.3, -0.25) is 4.79 Å². The van der Waals surface area contributed by atoms with Crippen LogP contribution < -0.4 is 0 Å². The van der Waals surface area contributed by atoms with Crippen molar-refractivity contribution in [2.24, 2.45) is 0 Å². The van der Waals surface area contributed by atoms with Gasteiger partial charge in [0.15, 0.2) is 5.78 Å². The van der Waals surface area contributed by atoms with Crippen LogP contribution in [0.15, 0.2) is 0 Å². The van der Waals surface area contributed by atoms with Gasteiger partial charge in [-0.1, -0.05) is 5.21 Å². The third-order valence-electron chi connectivity index (χ3n) is 1.94. The van der Waals surface area contributed by atoms with Crippen molar-refractivity contribution in [2.75, 3.05) is 6.61 Å². The predicted molar refractivity (Wildman–Crippen MR) is 51.2 cm³/mol. The normalized spacial score (nSPS) is 10.9. The first-order valence-electron chi connectivity index (χ1n) is 4.63. The van der Waals surface area contributed by atoms with E-state index in [2.05, 4.69) is 10.3 Å². The molecule has 78 valence electrons. The molecular formula is C9H15N3O2. The standard InChI is InChI=1S/C9H15N3O2/c1-6(2)12-9(7(3)14)8(4-5-13)10-11-12/h6,13H,4-5H2,1-3H3. The van der Waals surface area contributed by atoms with Gasteiger partial charge in [-0.15, -0.1) is 5.10 Å². The molecule has 5 nitrogen and oxygen atoms in total. The van der Waals surface area contributed by atoms with Crippen molar-refractivity contribution < 1.29 is 9.90 Å². The number of aliphatic hydroxyl groups is 1. The van der Waals surface area contributed by atoms with Gasteiger partial charge in [-0.2, -0.15) is 0 Å². The molecule has 0 aliphatic heterocycles. The quantitative estimate of drug-likeness (QED) is 0.717. The van der Waals surface area contributed by atoms with Gasteiger partial charge in [0.2, 0.25) is 0 Å². The van der Waals surface area contributed by atoms with Gasteiger partial charge in [-0.25, -0.2) is 4.68 Å². The van der Waals surface area contributed by atoms with E-state index in [4.69, 9.17) is 5.11 Å². The van der Waals surface area contributed by atoms with Crippen molar-refractivity contribution in [1.82, 2.24) is 15.0 Å². The summed E-state index contributed by atoms with van der Waals surface area (Å²) in [5.41, 5.74) is 1.09. The van der Waals surface area contributed by atoms with Crippen LogP contribution in [0.2, 0.25) is 0 Å². The number of carbonyl (C=O) groups is 1. The second-order valence-corrected chi connectivity index (χ2v) is 3.45. The number of hydrogen-bond donors (Lipinski definition) is 1. The SMILES string of the molecule is CC(=O)c1c(CCO)nnn1C(C)C. The van der Waals surface area contributed by atoms with E-state index in [9.17, 15) is 4.79 Å². The molecule has 0 fully saturated rings. The van der Waals surface area contributed by atoms with Crippen LogP contribution in [0.4, 0.5) is 0 Å². The lowest BCUT2D eigenvalue weighted by molar-refractivity contribution is 0.1000. The lowest BCUT2D eigenvalue weighted by Crippen LogP contribution is -2.12. The molecule has 5 heteroatoms. The van der Waals surface area contributed by atoms with Crippen molar-refractivity contribution in [2.45, 2.75) is 33.2 Å². The molecule has 1 N–H and O–H groups in total. The van der Waals surface area contributed by atoms with Crippen molar-refractivity contribution in [3.8, 4) is 0 Å². The van der Waals surface area contributed by atoms with Crippen LogP contribution in [0, 0.1) is 0 Å². The molecule has 0 unspecified atom stereocenters. The van der Waals surface area contributed by atoms with Crippen LogP contribution in [0.1, 0.15) is 43.0 Å². The maximum Gasteiger partial charge on any atom is 0.179 e. The van der Waals surface area contributed by atoms with Crippen LogP contribution in [0.25, 0.3) is 0 Å². The van der Waals surface area contributed by atoms with Gasteiger partial charge in [0.1, 0.15) is 5.69 Å². The summed E-state index contributed by atoms with van der Waals surface area (Å²) in [6.07, 6.45) is 0.377. The zero-order valence-corrected chi connectivity index (χ0v) is 8.69. The predicted octanol–water partition coefficient (Wildman–Crippen LogP) is 0.596. The summed E-state index contributed by atoms with van der Waals surface area (Å²) in [7, 11) is 0. The molecule has 14 heavy (non-hydrogen) atoms. The average Bonchev–Trinajstić information content (AvgIpc) is 2.48. The highest BCUT2D eigenvalue weighted by Gasteiger charge is 2.17. The van der Waals surface area contributed by atoms with E-state index in [0.29, 0.717) is 17.8 Å². The lowest BCUT2D eigenvalue weighted by Gasteiger charge is -2.07. The van der Waals surface area contributed by atoms with E-state index in [1.807, 2.05) is 13.8 Å². The van der Waals surface area contributed by atoms with Crippen LogP contribution in [0.3, 0.4) is 0 Å². The number of rotatable bonds is 4. The molecule has 0 amide bonds. The van der Waals surface area contributed by atoms with E-state index in [0.717, 1.165) is 0 Å². The number of carbonyl (C=O) groups excluding carboxylic acids is 1. The molecule has 0 atom stereocenters. The van der Waals surface area contributed by atoms with Gasteiger partial charge in [0.25, 0.3) is 0 Å². The van der Waals surface area contributed by atoms with Crippen molar-refractivity contribution in [3.05, 3.63) is 11.4 Å². The first-order valence-corrected chi connectivity index (χ1v) is 4.63. The minimum Gasteiger partial charge on any atom is -0.396 e. The Kier molecular flexibility index (Phi) is 3.35. The summed E-state index contributed by atoms with van der Waals surface area (Å²) in [5.74, 6) is -0.0628. The molecule has 1 heterocycles. The van der Waals surface area contributed by atoms with E-state index < -0.39 is 0 Å². The van der Waals surface area contributed by atoms with Gasteiger partial charge >= 0.3 is 0 Å². The lowest BCUT2D eigenvalue weighted by atomic mass is 10.2. The summed E-state index contributed by atoms with van der Waals surface area (Å²) < 4.78 is 1.59. The van der Waals surface area contributed by atoms with Crippen molar-refractivity contribution in [1.29, 1.82) is 0 Å². The first-order chi connectivity index (χ1) is 6.57. The summed E-state index contributed by atoms with van der Waals surface area (Å²) in [6.45, 7) is 5.34. The Bertz CT molecular complexity index is 331. The molecule has 0 saturated heterocycles. The minimum atomic E-state index is -0.0628. The maximum atomic E-state index is 11.3. The number of hydrogen-bond acceptors (Lipinski definition) is 4. The fraction of sp³-hybridized carbons (Fsp3) is 0.667. The third kappa shape index (κ3) is 1.98. The van der Waals surface area contributed by atoms with E-state index in [1.54, 1.807) is 4.68 Å². The van der Waals surface area contributed by atoms with E-state index in [1.165, 1.54) is 6.92 Å². The molecule has 0 radical (unpaired) electrons. The minimum absolute atomic E-state index is 0.0168. The number of nitrogens with zero attached hydrogens (tertiary/aromatic N) is 3. The Morgan fingerprint density at radius 2 is 2.21 bits per heavy atom. The molecule has 0 aliphatic rings. The molecule has 0 aliphatic carbocycles. The summed E-state index contributed by atoms with van der Waals surface area (Å²) >= 11 is 0. The van der Waals surface area contributed by atoms with Gasteiger partial charge < -0.3 is 5.11 Å². The second-order valence-electron chi connectivity index (χ2n) is 3.45. The molecule has 1 aromatic heterocycles. The zero-order valence-electron chi connectivity index (χ0n) is 8.69. The van der Waals surface area contributed by atoms with Crippen molar-refractivity contribution >= 4 is 5.78 Å². The first kappa shape index (κ1) is 10.8. The smallest absolute Gasteiger partial charge is 0.179 e. The van der Waals surface area contributed by atoms with Gasteiger partial charge in [0.05, 0.1) is 5.69 Å². The molecule has 1 aromatic rings. The Morgan fingerprint density at radius 1 is 1.57 bits per heavy atom. The topological polar surface area (TPSA) is 68.0 Å².